The number of anilines is 2. The second-order valence-corrected chi connectivity index (χ2v) is 9.13. The Morgan fingerprint density at radius 1 is 0.944 bits per heavy atom. The molecule has 0 bridgehead atoms. The second-order valence-electron chi connectivity index (χ2n) is 9.13. The summed E-state index contributed by atoms with van der Waals surface area (Å²) in [5.74, 6) is -0.334. The smallest absolute Gasteiger partial charge is 0.262 e. The van der Waals surface area contributed by atoms with E-state index >= 15 is 0 Å². The maximum absolute atomic E-state index is 12.7. The Kier molecular flexibility index (Phi) is 7.68. The Morgan fingerprint density at radius 3 is 2.42 bits per heavy atom. The van der Waals surface area contributed by atoms with Gasteiger partial charge >= 0.3 is 0 Å². The van der Waals surface area contributed by atoms with Crippen LogP contribution in [0.5, 0.6) is 5.75 Å². The lowest BCUT2D eigenvalue weighted by Crippen LogP contribution is -2.32. The van der Waals surface area contributed by atoms with E-state index in [1.165, 1.54) is 0 Å². The fraction of sp³-hybridized carbons (Fsp3) is 0.276. The molecule has 186 valence electrons. The fourth-order valence-electron chi connectivity index (χ4n) is 4.21. The first-order valence-corrected chi connectivity index (χ1v) is 12.0. The van der Waals surface area contributed by atoms with Crippen molar-refractivity contribution in [3.63, 3.8) is 0 Å². The highest BCUT2D eigenvalue weighted by molar-refractivity contribution is 6.00. The predicted molar refractivity (Wildman–Crippen MR) is 140 cm³/mol. The number of amides is 3. The Balaban J connectivity index is 1.28. The van der Waals surface area contributed by atoms with Gasteiger partial charge in [0.2, 0.25) is 11.8 Å². The summed E-state index contributed by atoms with van der Waals surface area (Å²) in [5.41, 5.74) is 5.77. The van der Waals surface area contributed by atoms with Crippen LogP contribution in [0.4, 0.5) is 11.4 Å². The normalized spacial score (nSPS) is 15.0. The van der Waals surface area contributed by atoms with Crippen LogP contribution in [0.15, 0.2) is 66.7 Å². The van der Waals surface area contributed by atoms with Crippen molar-refractivity contribution >= 4 is 29.1 Å². The van der Waals surface area contributed by atoms with E-state index in [0.29, 0.717) is 24.5 Å². The molecule has 0 radical (unpaired) electrons. The van der Waals surface area contributed by atoms with E-state index < -0.39 is 5.92 Å². The van der Waals surface area contributed by atoms with E-state index in [0.717, 1.165) is 27.9 Å². The first-order valence-electron chi connectivity index (χ1n) is 12.0. The van der Waals surface area contributed by atoms with Gasteiger partial charge in [-0.2, -0.15) is 0 Å². The van der Waals surface area contributed by atoms with Crippen LogP contribution in [0, 0.1) is 26.7 Å². The molecular formula is C29H31N3O4. The van der Waals surface area contributed by atoms with Crippen LogP contribution < -0.4 is 20.3 Å². The standard InChI is InChI=1S/C29H31N3O4/c1-19-8-6-10-26(21(19)3)31-27(33)18-36-25-13-11-24(12-14-25)32-17-23(15-28(32)34)29(35)30-16-22-9-5-4-7-20(22)2/h4-14,23H,15-18H2,1-3H3,(H,30,35)(H,31,33)/t23-/m1/s1. The molecule has 3 aromatic rings. The van der Waals surface area contributed by atoms with Crippen molar-refractivity contribution in [3.05, 3.63) is 89.0 Å². The monoisotopic (exact) mass is 485 g/mol. The minimum absolute atomic E-state index is 0.0902. The summed E-state index contributed by atoms with van der Waals surface area (Å²) in [4.78, 5) is 39.2. The Bertz CT molecular complexity index is 1270. The number of carbonyl (C=O) groups excluding carboxylic acids is 3. The Labute approximate surface area is 211 Å². The number of ether oxygens (including phenoxy) is 1. The lowest BCUT2D eigenvalue weighted by atomic mass is 10.1. The number of aryl methyl sites for hydroxylation is 2. The molecule has 1 fully saturated rings. The molecule has 1 heterocycles. The number of nitrogens with one attached hydrogen (secondary N) is 2. The molecule has 1 aliphatic heterocycles. The van der Waals surface area contributed by atoms with E-state index in [1.54, 1.807) is 29.2 Å². The summed E-state index contributed by atoms with van der Waals surface area (Å²) in [7, 11) is 0. The lowest BCUT2D eigenvalue weighted by Gasteiger charge is -2.17. The van der Waals surface area contributed by atoms with Crippen LogP contribution in [0.1, 0.15) is 28.7 Å². The van der Waals surface area contributed by atoms with Crippen LogP contribution in [0.25, 0.3) is 0 Å². The molecular weight excluding hydrogens is 454 g/mol. The number of hydrogen-bond acceptors (Lipinski definition) is 4. The first-order chi connectivity index (χ1) is 17.3. The van der Waals surface area contributed by atoms with E-state index in [1.807, 2.05) is 63.2 Å². The van der Waals surface area contributed by atoms with Crippen LogP contribution in [-0.4, -0.2) is 30.9 Å². The van der Waals surface area contributed by atoms with Crippen molar-refractivity contribution in [1.29, 1.82) is 0 Å². The molecule has 7 heteroatoms. The molecule has 0 unspecified atom stereocenters. The van der Waals surface area contributed by atoms with Gasteiger partial charge < -0.3 is 20.3 Å². The predicted octanol–water partition coefficient (Wildman–Crippen LogP) is 4.30. The van der Waals surface area contributed by atoms with Crippen molar-refractivity contribution in [3.8, 4) is 5.75 Å². The topological polar surface area (TPSA) is 87.7 Å². The summed E-state index contributed by atoms with van der Waals surface area (Å²) < 4.78 is 5.62. The van der Waals surface area contributed by atoms with Crippen molar-refractivity contribution in [2.75, 3.05) is 23.4 Å². The highest BCUT2D eigenvalue weighted by Gasteiger charge is 2.35. The minimum atomic E-state index is -0.397. The van der Waals surface area contributed by atoms with Gasteiger partial charge in [0.25, 0.3) is 5.91 Å². The minimum Gasteiger partial charge on any atom is -0.484 e. The lowest BCUT2D eigenvalue weighted by molar-refractivity contribution is -0.126. The van der Waals surface area contributed by atoms with Crippen LogP contribution >= 0.6 is 0 Å². The molecule has 1 atom stereocenters. The molecule has 3 amide bonds. The largest absolute Gasteiger partial charge is 0.484 e. The molecule has 1 saturated heterocycles. The quantitative estimate of drug-likeness (QED) is 0.498. The van der Waals surface area contributed by atoms with Gasteiger partial charge in [0.15, 0.2) is 6.61 Å². The van der Waals surface area contributed by atoms with Crippen molar-refractivity contribution in [1.82, 2.24) is 5.32 Å². The highest BCUT2D eigenvalue weighted by atomic mass is 16.5. The molecule has 2 N–H and O–H groups in total. The van der Waals surface area contributed by atoms with Crippen LogP contribution in [-0.2, 0) is 20.9 Å². The SMILES string of the molecule is Cc1ccccc1CNC(=O)[C@@H]1CC(=O)N(c2ccc(OCC(=O)Nc3cccc(C)c3C)cc2)C1. The molecule has 7 nitrogen and oxygen atoms in total. The summed E-state index contributed by atoms with van der Waals surface area (Å²) in [6.45, 7) is 6.61. The third-order valence-electron chi connectivity index (χ3n) is 6.61. The number of benzene rings is 3. The van der Waals surface area contributed by atoms with Gasteiger partial charge in [0.1, 0.15) is 5.75 Å². The van der Waals surface area contributed by atoms with Gasteiger partial charge in [-0.1, -0.05) is 36.4 Å². The third kappa shape index (κ3) is 5.92. The summed E-state index contributed by atoms with van der Waals surface area (Å²) >= 11 is 0. The maximum atomic E-state index is 12.7. The van der Waals surface area contributed by atoms with Gasteiger partial charge in [0.05, 0.1) is 5.92 Å². The van der Waals surface area contributed by atoms with Crippen molar-refractivity contribution < 1.29 is 19.1 Å². The molecule has 1 aliphatic rings. The van der Waals surface area contributed by atoms with Crippen molar-refractivity contribution in [2.45, 2.75) is 33.7 Å². The van der Waals surface area contributed by atoms with Crippen molar-refractivity contribution in [2.24, 2.45) is 5.92 Å². The van der Waals surface area contributed by atoms with Crippen LogP contribution in [0.2, 0.25) is 0 Å². The summed E-state index contributed by atoms with van der Waals surface area (Å²) in [5, 5.41) is 5.83. The average molecular weight is 486 g/mol. The van der Waals surface area contributed by atoms with E-state index in [-0.39, 0.29) is 30.7 Å². The Morgan fingerprint density at radius 2 is 1.67 bits per heavy atom. The average Bonchev–Trinajstić information content (AvgIpc) is 3.27. The number of nitrogens with zero attached hydrogens (tertiary/aromatic N) is 1. The van der Waals surface area contributed by atoms with Gasteiger partial charge in [-0.05, 0) is 73.4 Å². The molecule has 36 heavy (non-hydrogen) atoms. The van der Waals surface area contributed by atoms with E-state index in [9.17, 15) is 14.4 Å². The number of hydrogen-bond donors (Lipinski definition) is 2. The van der Waals surface area contributed by atoms with Gasteiger partial charge in [0, 0.05) is 30.9 Å². The molecule has 4 rings (SSSR count). The highest BCUT2D eigenvalue weighted by Crippen LogP contribution is 2.27. The molecule has 0 spiro atoms. The summed E-state index contributed by atoms with van der Waals surface area (Å²) in [6.07, 6.45) is 0.177. The summed E-state index contributed by atoms with van der Waals surface area (Å²) in [6, 6.07) is 20.6. The van der Waals surface area contributed by atoms with Gasteiger partial charge in [-0.25, -0.2) is 0 Å². The molecule has 3 aromatic carbocycles. The third-order valence-corrected chi connectivity index (χ3v) is 6.61. The Hall–Kier alpha value is -4.13. The molecule has 0 aromatic heterocycles. The van der Waals surface area contributed by atoms with E-state index in [2.05, 4.69) is 10.6 Å². The zero-order valence-corrected chi connectivity index (χ0v) is 20.8. The van der Waals surface area contributed by atoms with Gasteiger partial charge in [-0.15, -0.1) is 0 Å². The van der Waals surface area contributed by atoms with Gasteiger partial charge in [-0.3, -0.25) is 14.4 Å². The van der Waals surface area contributed by atoms with E-state index in [4.69, 9.17) is 4.74 Å². The molecule has 0 saturated carbocycles. The zero-order valence-electron chi connectivity index (χ0n) is 20.8. The number of carbonyl (C=O) groups is 3. The second kappa shape index (κ2) is 11.1. The zero-order chi connectivity index (χ0) is 25.7. The first kappa shape index (κ1) is 25.0. The maximum Gasteiger partial charge on any atom is 0.262 e. The van der Waals surface area contributed by atoms with Crippen LogP contribution in [0.3, 0.4) is 0 Å². The molecule has 0 aliphatic carbocycles. The fourth-order valence-corrected chi connectivity index (χ4v) is 4.21. The number of rotatable bonds is 8.